The third-order valence-corrected chi connectivity index (χ3v) is 2.98. The number of methoxy groups -OCH3 is 1. The molecule has 1 N–H and O–H groups in total. The van der Waals surface area contributed by atoms with Crippen LogP contribution in [0.1, 0.15) is 11.1 Å². The summed E-state index contributed by atoms with van der Waals surface area (Å²) in [5.74, 6) is 0.662. The van der Waals surface area contributed by atoms with Crippen LogP contribution in [-0.4, -0.2) is 12.1 Å². The largest absolute Gasteiger partial charge is 0.481 e. The Morgan fingerprint density at radius 1 is 1.31 bits per heavy atom. The van der Waals surface area contributed by atoms with Gasteiger partial charge in [0, 0.05) is 25.4 Å². The highest BCUT2D eigenvalue weighted by atomic mass is 32.1. The minimum atomic E-state index is 0.662. The van der Waals surface area contributed by atoms with Gasteiger partial charge in [0.15, 0.2) is 0 Å². The molecule has 2 heterocycles. The average molecular weight is 234 g/mol. The second-order valence-corrected chi connectivity index (χ2v) is 4.22. The number of pyridine rings is 1. The summed E-state index contributed by atoms with van der Waals surface area (Å²) >= 11 is 1.72. The fraction of sp³-hybridized carbons (Fsp3) is 0.250. The molecule has 84 valence electrons. The van der Waals surface area contributed by atoms with Gasteiger partial charge in [-0.1, -0.05) is 0 Å². The first-order chi connectivity index (χ1) is 7.88. The molecule has 0 fully saturated rings. The number of aromatic nitrogens is 1. The highest BCUT2D eigenvalue weighted by Gasteiger charge is 1.97. The summed E-state index contributed by atoms with van der Waals surface area (Å²) in [5.41, 5.74) is 2.51. The third-order valence-electron chi connectivity index (χ3n) is 2.25. The predicted octanol–water partition coefficient (Wildman–Crippen LogP) is 2.44. The summed E-state index contributed by atoms with van der Waals surface area (Å²) in [5, 5.41) is 7.62. The second kappa shape index (κ2) is 5.63. The van der Waals surface area contributed by atoms with Crippen molar-refractivity contribution in [1.29, 1.82) is 0 Å². The molecule has 4 heteroatoms. The zero-order valence-electron chi connectivity index (χ0n) is 9.14. The SMILES string of the molecule is COc1cc(CNCc2ccsc2)ccn1. The lowest BCUT2D eigenvalue weighted by molar-refractivity contribution is 0.397. The summed E-state index contributed by atoms with van der Waals surface area (Å²) < 4.78 is 5.07. The van der Waals surface area contributed by atoms with Crippen molar-refractivity contribution in [1.82, 2.24) is 10.3 Å². The van der Waals surface area contributed by atoms with E-state index >= 15 is 0 Å². The molecule has 16 heavy (non-hydrogen) atoms. The van der Waals surface area contributed by atoms with Crippen molar-refractivity contribution in [2.24, 2.45) is 0 Å². The van der Waals surface area contributed by atoms with E-state index in [4.69, 9.17) is 4.74 Å². The maximum absolute atomic E-state index is 5.07. The van der Waals surface area contributed by atoms with Crippen molar-refractivity contribution in [2.75, 3.05) is 7.11 Å². The van der Waals surface area contributed by atoms with E-state index in [1.54, 1.807) is 24.6 Å². The van der Waals surface area contributed by atoms with Gasteiger partial charge in [0.25, 0.3) is 0 Å². The molecule has 0 aliphatic carbocycles. The van der Waals surface area contributed by atoms with Crippen LogP contribution in [0.3, 0.4) is 0 Å². The van der Waals surface area contributed by atoms with Gasteiger partial charge in [-0.25, -0.2) is 4.98 Å². The van der Waals surface area contributed by atoms with Gasteiger partial charge in [-0.2, -0.15) is 11.3 Å². The van der Waals surface area contributed by atoms with Crippen LogP contribution in [0, 0.1) is 0 Å². The summed E-state index contributed by atoms with van der Waals surface area (Å²) in [6.07, 6.45) is 1.76. The zero-order chi connectivity index (χ0) is 11.2. The Balaban J connectivity index is 1.85. The number of nitrogens with zero attached hydrogens (tertiary/aromatic N) is 1. The quantitative estimate of drug-likeness (QED) is 0.862. The topological polar surface area (TPSA) is 34.1 Å². The van der Waals surface area contributed by atoms with Crippen LogP contribution in [0.25, 0.3) is 0 Å². The first-order valence-electron chi connectivity index (χ1n) is 5.09. The van der Waals surface area contributed by atoms with Gasteiger partial charge in [-0.15, -0.1) is 0 Å². The van der Waals surface area contributed by atoms with Crippen LogP contribution in [0.5, 0.6) is 5.88 Å². The van der Waals surface area contributed by atoms with E-state index in [2.05, 4.69) is 27.1 Å². The lowest BCUT2D eigenvalue weighted by Crippen LogP contribution is -2.12. The summed E-state index contributed by atoms with van der Waals surface area (Å²) in [7, 11) is 1.63. The maximum Gasteiger partial charge on any atom is 0.213 e. The molecule has 0 saturated heterocycles. The number of thiophene rings is 1. The van der Waals surface area contributed by atoms with Crippen molar-refractivity contribution < 1.29 is 4.74 Å². The van der Waals surface area contributed by atoms with Gasteiger partial charge < -0.3 is 10.1 Å². The molecule has 0 aromatic carbocycles. The van der Waals surface area contributed by atoms with E-state index in [1.165, 1.54) is 11.1 Å². The Morgan fingerprint density at radius 2 is 2.19 bits per heavy atom. The first-order valence-corrected chi connectivity index (χ1v) is 6.03. The van der Waals surface area contributed by atoms with Gasteiger partial charge in [-0.05, 0) is 34.0 Å². The van der Waals surface area contributed by atoms with Crippen LogP contribution in [0.15, 0.2) is 35.2 Å². The van der Waals surface area contributed by atoms with Gasteiger partial charge in [0.1, 0.15) is 0 Å². The molecule has 0 atom stereocenters. The normalized spacial score (nSPS) is 10.3. The molecular weight excluding hydrogens is 220 g/mol. The number of ether oxygens (including phenoxy) is 1. The van der Waals surface area contributed by atoms with Crippen LogP contribution in [-0.2, 0) is 13.1 Å². The summed E-state index contributed by atoms with van der Waals surface area (Å²) in [6, 6.07) is 6.06. The highest BCUT2D eigenvalue weighted by molar-refractivity contribution is 7.07. The molecule has 2 aromatic rings. The molecule has 3 nitrogen and oxygen atoms in total. The van der Waals surface area contributed by atoms with Gasteiger partial charge in [-0.3, -0.25) is 0 Å². The lowest BCUT2D eigenvalue weighted by atomic mass is 10.2. The number of hydrogen-bond donors (Lipinski definition) is 1. The first kappa shape index (κ1) is 11.1. The van der Waals surface area contributed by atoms with Gasteiger partial charge >= 0.3 is 0 Å². The maximum atomic E-state index is 5.07. The lowest BCUT2D eigenvalue weighted by Gasteiger charge is -2.05. The zero-order valence-corrected chi connectivity index (χ0v) is 9.96. The van der Waals surface area contributed by atoms with E-state index in [-0.39, 0.29) is 0 Å². The third kappa shape index (κ3) is 3.05. The van der Waals surface area contributed by atoms with Crippen LogP contribution >= 0.6 is 11.3 Å². The minimum Gasteiger partial charge on any atom is -0.481 e. The molecule has 0 radical (unpaired) electrons. The molecule has 0 spiro atoms. The smallest absolute Gasteiger partial charge is 0.213 e. The van der Waals surface area contributed by atoms with E-state index in [0.29, 0.717) is 5.88 Å². The van der Waals surface area contributed by atoms with E-state index in [0.717, 1.165) is 13.1 Å². The fourth-order valence-corrected chi connectivity index (χ4v) is 2.09. The number of rotatable bonds is 5. The Hall–Kier alpha value is -1.39. The Kier molecular flexibility index (Phi) is 3.91. The molecule has 0 amide bonds. The van der Waals surface area contributed by atoms with Gasteiger partial charge in [0.05, 0.1) is 7.11 Å². The highest BCUT2D eigenvalue weighted by Crippen LogP contribution is 2.09. The van der Waals surface area contributed by atoms with E-state index in [1.807, 2.05) is 12.1 Å². The molecule has 2 rings (SSSR count). The molecule has 2 aromatic heterocycles. The van der Waals surface area contributed by atoms with Crippen LogP contribution in [0.2, 0.25) is 0 Å². The monoisotopic (exact) mass is 234 g/mol. The van der Waals surface area contributed by atoms with Crippen molar-refractivity contribution in [3.63, 3.8) is 0 Å². The summed E-state index contributed by atoms with van der Waals surface area (Å²) in [6.45, 7) is 1.73. The van der Waals surface area contributed by atoms with Crippen molar-refractivity contribution in [3.05, 3.63) is 46.3 Å². The number of hydrogen-bond acceptors (Lipinski definition) is 4. The Labute approximate surface area is 99.1 Å². The molecule has 0 unspecified atom stereocenters. The standard InChI is InChI=1S/C12H14N2OS/c1-15-12-6-10(2-4-14-12)7-13-8-11-3-5-16-9-11/h2-6,9,13H,7-8H2,1H3. The van der Waals surface area contributed by atoms with Crippen LogP contribution < -0.4 is 10.1 Å². The molecule has 0 aliphatic heterocycles. The Morgan fingerprint density at radius 3 is 2.94 bits per heavy atom. The molecule has 0 aliphatic rings. The Bertz CT molecular complexity index is 428. The fourth-order valence-electron chi connectivity index (χ4n) is 1.42. The predicted molar refractivity (Wildman–Crippen MR) is 65.7 cm³/mol. The van der Waals surface area contributed by atoms with Crippen molar-refractivity contribution in [3.8, 4) is 5.88 Å². The minimum absolute atomic E-state index is 0.662. The molecule has 0 bridgehead atoms. The van der Waals surface area contributed by atoms with Crippen molar-refractivity contribution >= 4 is 11.3 Å². The second-order valence-electron chi connectivity index (χ2n) is 3.44. The molecule has 0 saturated carbocycles. The van der Waals surface area contributed by atoms with Crippen molar-refractivity contribution in [2.45, 2.75) is 13.1 Å². The number of nitrogens with one attached hydrogen (secondary N) is 1. The van der Waals surface area contributed by atoms with Crippen LogP contribution in [0.4, 0.5) is 0 Å². The summed E-state index contributed by atoms with van der Waals surface area (Å²) in [4.78, 5) is 4.07. The van der Waals surface area contributed by atoms with E-state index in [9.17, 15) is 0 Å². The van der Waals surface area contributed by atoms with E-state index < -0.39 is 0 Å². The molecular formula is C12H14N2OS. The average Bonchev–Trinajstić information content (AvgIpc) is 2.82. The van der Waals surface area contributed by atoms with Gasteiger partial charge in [0.2, 0.25) is 5.88 Å².